The fourth-order valence-electron chi connectivity index (χ4n) is 2.99. The van der Waals surface area contributed by atoms with Crippen LogP contribution < -0.4 is 4.90 Å². The van der Waals surface area contributed by atoms with Crippen molar-refractivity contribution in [2.24, 2.45) is 0 Å². The van der Waals surface area contributed by atoms with Crippen LogP contribution in [0.25, 0.3) is 0 Å². The van der Waals surface area contributed by atoms with Gasteiger partial charge in [-0.05, 0) is 35.9 Å². The average molecular weight is 426 g/mol. The molecule has 1 aliphatic rings. The summed E-state index contributed by atoms with van der Waals surface area (Å²) in [6.45, 7) is 0. The molecule has 1 N–H and O–H groups in total. The number of nitrogens with zero attached hydrogens (tertiary/aromatic N) is 3. The molecule has 1 amide bonds. The molecule has 4 rings (SSSR count). The largest absolute Gasteiger partial charge is 0.503 e. The average Bonchev–Trinajstić information content (AvgIpc) is 3.30. The van der Waals surface area contributed by atoms with Crippen LogP contribution in [0.15, 0.2) is 81.3 Å². The molecule has 0 fully saturated rings. The molecule has 134 valence electrons. The number of halogens is 1. The van der Waals surface area contributed by atoms with Gasteiger partial charge in [-0.1, -0.05) is 28.1 Å². The molecular weight excluding hydrogens is 414 g/mol. The van der Waals surface area contributed by atoms with E-state index in [1.165, 1.54) is 29.6 Å². The molecule has 0 bridgehead atoms. The summed E-state index contributed by atoms with van der Waals surface area (Å²) in [4.78, 5) is 35.2. The highest BCUT2D eigenvalue weighted by molar-refractivity contribution is 9.10. The number of aromatic nitrogens is 2. The molecule has 3 heterocycles. The molecule has 2 aromatic heterocycles. The third kappa shape index (κ3) is 2.93. The maximum absolute atomic E-state index is 13.0. The van der Waals surface area contributed by atoms with E-state index in [2.05, 4.69) is 25.9 Å². The van der Waals surface area contributed by atoms with Crippen LogP contribution in [-0.4, -0.2) is 26.8 Å². The van der Waals surface area contributed by atoms with E-state index in [4.69, 9.17) is 4.42 Å². The zero-order valence-corrected chi connectivity index (χ0v) is 15.3. The number of carbonyl (C=O) groups is 2. The zero-order chi connectivity index (χ0) is 19.0. The smallest absolute Gasteiger partial charge is 0.296 e. The molecule has 3 aromatic rings. The lowest BCUT2D eigenvalue weighted by atomic mass is 9.95. The summed E-state index contributed by atoms with van der Waals surface area (Å²) in [5, 5.41) is 10.5. The maximum atomic E-state index is 13.0. The van der Waals surface area contributed by atoms with E-state index < -0.39 is 23.5 Å². The van der Waals surface area contributed by atoms with E-state index in [0.29, 0.717) is 5.56 Å². The SMILES string of the molecule is O=C(C1=C(O)C(=O)N(c2ncccn2)C1c1cccc(Br)c1)c1ccco1. The first-order valence-electron chi connectivity index (χ1n) is 7.95. The lowest BCUT2D eigenvalue weighted by Crippen LogP contribution is -2.32. The van der Waals surface area contributed by atoms with Gasteiger partial charge in [-0.3, -0.25) is 14.5 Å². The van der Waals surface area contributed by atoms with Gasteiger partial charge >= 0.3 is 0 Å². The normalized spacial score (nSPS) is 16.9. The Morgan fingerprint density at radius 2 is 1.93 bits per heavy atom. The first-order valence-corrected chi connectivity index (χ1v) is 8.74. The van der Waals surface area contributed by atoms with E-state index in [1.807, 2.05) is 6.07 Å². The number of hydrogen-bond donors (Lipinski definition) is 1. The van der Waals surface area contributed by atoms with Crippen molar-refractivity contribution in [1.82, 2.24) is 9.97 Å². The van der Waals surface area contributed by atoms with Gasteiger partial charge in [0.1, 0.15) is 0 Å². The molecule has 1 atom stereocenters. The molecule has 27 heavy (non-hydrogen) atoms. The molecule has 7 nitrogen and oxygen atoms in total. The van der Waals surface area contributed by atoms with Crippen molar-refractivity contribution in [2.45, 2.75) is 6.04 Å². The van der Waals surface area contributed by atoms with E-state index in [1.54, 1.807) is 30.3 Å². The number of benzene rings is 1. The molecular formula is C19H12BrN3O4. The predicted octanol–water partition coefficient (Wildman–Crippen LogP) is 3.62. The highest BCUT2D eigenvalue weighted by Gasteiger charge is 2.46. The Balaban J connectivity index is 1.90. The maximum Gasteiger partial charge on any atom is 0.296 e. The van der Waals surface area contributed by atoms with Gasteiger partial charge in [-0.25, -0.2) is 9.97 Å². The Bertz CT molecular complexity index is 1050. The van der Waals surface area contributed by atoms with Crippen LogP contribution in [0.1, 0.15) is 22.2 Å². The van der Waals surface area contributed by atoms with Gasteiger partial charge in [-0.2, -0.15) is 0 Å². The van der Waals surface area contributed by atoms with Crippen LogP contribution in [0, 0.1) is 0 Å². The number of hydrogen-bond acceptors (Lipinski definition) is 6. The molecule has 0 aliphatic carbocycles. The second-order valence-electron chi connectivity index (χ2n) is 5.75. The number of rotatable bonds is 4. The van der Waals surface area contributed by atoms with Crippen LogP contribution in [0.4, 0.5) is 5.95 Å². The number of Topliss-reactive ketones (excluding diaryl/α,β-unsaturated/α-hetero) is 1. The van der Waals surface area contributed by atoms with E-state index in [9.17, 15) is 14.7 Å². The highest BCUT2D eigenvalue weighted by atomic mass is 79.9. The quantitative estimate of drug-likeness (QED) is 0.641. The summed E-state index contributed by atoms with van der Waals surface area (Å²) in [6, 6.07) is 10.9. The van der Waals surface area contributed by atoms with Crippen molar-refractivity contribution in [3.8, 4) is 0 Å². The van der Waals surface area contributed by atoms with Crippen molar-refractivity contribution < 1.29 is 19.1 Å². The van der Waals surface area contributed by atoms with Gasteiger partial charge in [0.2, 0.25) is 11.7 Å². The molecule has 8 heteroatoms. The first kappa shape index (κ1) is 17.2. The summed E-state index contributed by atoms with van der Waals surface area (Å²) in [5.41, 5.74) is 0.532. The minimum Gasteiger partial charge on any atom is -0.503 e. The van der Waals surface area contributed by atoms with Crippen molar-refractivity contribution in [2.75, 3.05) is 4.90 Å². The van der Waals surface area contributed by atoms with Crippen LogP contribution in [0.5, 0.6) is 0 Å². The first-order chi connectivity index (χ1) is 13.1. The van der Waals surface area contributed by atoms with Crippen LogP contribution in [0.3, 0.4) is 0 Å². The number of ketones is 1. The van der Waals surface area contributed by atoms with E-state index >= 15 is 0 Å². The molecule has 0 radical (unpaired) electrons. The molecule has 1 aliphatic heterocycles. The van der Waals surface area contributed by atoms with E-state index in [0.717, 1.165) is 4.47 Å². The van der Waals surface area contributed by atoms with Crippen molar-refractivity contribution in [3.05, 3.63) is 88.3 Å². The second kappa shape index (κ2) is 6.81. The Labute approximate surface area is 162 Å². The van der Waals surface area contributed by atoms with Gasteiger partial charge < -0.3 is 9.52 Å². The summed E-state index contributed by atoms with van der Waals surface area (Å²) >= 11 is 3.39. The Morgan fingerprint density at radius 3 is 2.59 bits per heavy atom. The summed E-state index contributed by atoms with van der Waals surface area (Å²) in [7, 11) is 0. The predicted molar refractivity (Wildman–Crippen MR) is 99.1 cm³/mol. The summed E-state index contributed by atoms with van der Waals surface area (Å²) in [6.07, 6.45) is 4.32. The number of amides is 1. The fraction of sp³-hybridized carbons (Fsp3) is 0.0526. The van der Waals surface area contributed by atoms with Crippen molar-refractivity contribution in [3.63, 3.8) is 0 Å². The third-order valence-corrected chi connectivity index (χ3v) is 4.62. The number of furan rings is 1. The lowest BCUT2D eigenvalue weighted by molar-refractivity contribution is -0.117. The highest BCUT2D eigenvalue weighted by Crippen LogP contribution is 2.41. The molecule has 1 aromatic carbocycles. The van der Waals surface area contributed by atoms with E-state index in [-0.39, 0.29) is 17.3 Å². The minimum absolute atomic E-state index is 0.0279. The number of aliphatic hydroxyl groups excluding tert-OH is 1. The standard InChI is InChI=1S/C19H12BrN3O4/c20-12-5-1-4-11(10-12)15-14(16(24)13-6-2-9-27-13)17(25)18(26)23(15)19-21-7-3-8-22-19/h1-10,15,25H. The topological polar surface area (TPSA) is 96.5 Å². The van der Waals surface area contributed by atoms with Crippen LogP contribution >= 0.6 is 15.9 Å². The Morgan fingerprint density at radius 1 is 1.15 bits per heavy atom. The summed E-state index contributed by atoms with van der Waals surface area (Å²) < 4.78 is 5.94. The van der Waals surface area contributed by atoms with Crippen molar-refractivity contribution >= 4 is 33.6 Å². The number of carbonyl (C=O) groups excluding carboxylic acids is 2. The fourth-order valence-corrected chi connectivity index (χ4v) is 3.41. The summed E-state index contributed by atoms with van der Waals surface area (Å²) in [5.74, 6) is -1.86. The number of aliphatic hydroxyl groups is 1. The number of anilines is 1. The monoisotopic (exact) mass is 425 g/mol. The second-order valence-corrected chi connectivity index (χ2v) is 6.67. The zero-order valence-electron chi connectivity index (χ0n) is 13.7. The molecule has 0 saturated heterocycles. The van der Waals surface area contributed by atoms with Gasteiger partial charge in [0.15, 0.2) is 11.5 Å². The third-order valence-electron chi connectivity index (χ3n) is 4.13. The Kier molecular flexibility index (Phi) is 4.33. The van der Waals surface area contributed by atoms with Gasteiger partial charge in [0.25, 0.3) is 5.91 Å². The minimum atomic E-state index is -0.894. The molecule has 0 spiro atoms. The van der Waals surface area contributed by atoms with Gasteiger partial charge in [-0.15, -0.1) is 0 Å². The van der Waals surface area contributed by atoms with Crippen LogP contribution in [0.2, 0.25) is 0 Å². The van der Waals surface area contributed by atoms with Crippen molar-refractivity contribution in [1.29, 1.82) is 0 Å². The molecule has 1 unspecified atom stereocenters. The lowest BCUT2D eigenvalue weighted by Gasteiger charge is -2.24. The Hall–Kier alpha value is -3.26. The van der Waals surface area contributed by atoms with Crippen LogP contribution in [-0.2, 0) is 4.79 Å². The van der Waals surface area contributed by atoms with Gasteiger partial charge in [0, 0.05) is 16.9 Å². The molecule has 0 saturated carbocycles. The van der Waals surface area contributed by atoms with Gasteiger partial charge in [0.05, 0.1) is 17.9 Å².